The predicted molar refractivity (Wildman–Crippen MR) is 85.2 cm³/mol. The molecule has 0 saturated carbocycles. The van der Waals surface area contributed by atoms with Crippen LogP contribution >= 0.6 is 0 Å². The fourth-order valence-corrected chi connectivity index (χ4v) is 2.54. The summed E-state index contributed by atoms with van der Waals surface area (Å²) in [6.45, 7) is 4.94. The van der Waals surface area contributed by atoms with E-state index < -0.39 is 0 Å². The van der Waals surface area contributed by atoms with Gasteiger partial charge in [-0.15, -0.1) is 0 Å². The van der Waals surface area contributed by atoms with Crippen molar-refractivity contribution in [2.75, 3.05) is 37.6 Å². The van der Waals surface area contributed by atoms with Gasteiger partial charge in [-0.3, -0.25) is 4.90 Å². The van der Waals surface area contributed by atoms with Gasteiger partial charge in [0.15, 0.2) is 0 Å². The lowest BCUT2D eigenvalue weighted by molar-refractivity contribution is 0.286. The Bertz CT molecular complexity index is 628. The average Bonchev–Trinajstić information content (AvgIpc) is 2.95. The summed E-state index contributed by atoms with van der Waals surface area (Å²) in [5.74, 6) is 7.55. The van der Waals surface area contributed by atoms with Crippen LogP contribution < -0.4 is 4.90 Å². The quantitative estimate of drug-likeness (QED) is 0.781. The van der Waals surface area contributed by atoms with Gasteiger partial charge in [-0.2, -0.15) is 0 Å². The minimum atomic E-state index is 0.837. The van der Waals surface area contributed by atoms with Gasteiger partial charge in [-0.1, -0.05) is 30.0 Å². The van der Waals surface area contributed by atoms with Gasteiger partial charge in [0.25, 0.3) is 0 Å². The summed E-state index contributed by atoms with van der Waals surface area (Å²) in [4.78, 5) is 9.14. The molecule has 2 heterocycles. The fraction of sp³-hybridized carbons (Fsp3) is 0.353. The van der Waals surface area contributed by atoms with Crippen LogP contribution in [0.25, 0.3) is 0 Å². The lowest BCUT2D eigenvalue weighted by atomic mass is 10.2. The van der Waals surface area contributed by atoms with E-state index in [2.05, 4.69) is 31.2 Å². The molecule has 0 radical (unpaired) electrons. The molecule has 0 aliphatic carbocycles. The second-order valence-electron chi connectivity index (χ2n) is 5.27. The predicted octanol–water partition coefficient (Wildman–Crippen LogP) is 1.59. The number of aryl methyl sites for hydroxylation is 1. The molecule has 1 aromatic heterocycles. The minimum Gasteiger partial charge on any atom is -0.340 e. The molecule has 0 spiro atoms. The summed E-state index contributed by atoms with van der Waals surface area (Å²) in [5, 5.41) is 0. The number of anilines is 1. The summed E-state index contributed by atoms with van der Waals surface area (Å²) in [7, 11) is 2.04. The van der Waals surface area contributed by atoms with E-state index in [0.29, 0.717) is 0 Å². The molecular formula is C17H20N4. The first-order valence-electron chi connectivity index (χ1n) is 7.31. The molecule has 1 aliphatic rings. The highest BCUT2D eigenvalue weighted by atomic mass is 15.3. The van der Waals surface area contributed by atoms with Gasteiger partial charge in [0.05, 0.1) is 6.54 Å². The van der Waals surface area contributed by atoms with Crippen molar-refractivity contribution in [3.05, 3.63) is 48.3 Å². The topological polar surface area (TPSA) is 24.3 Å². The lowest BCUT2D eigenvalue weighted by Gasteiger charge is -2.34. The summed E-state index contributed by atoms with van der Waals surface area (Å²) < 4.78 is 2.07. The SMILES string of the molecule is Cn1ccnc1N1CCN(CC#Cc2ccccc2)CC1. The third-order valence-corrected chi connectivity index (χ3v) is 3.76. The summed E-state index contributed by atoms with van der Waals surface area (Å²) in [5.41, 5.74) is 1.09. The van der Waals surface area contributed by atoms with Crippen LogP contribution in [0.2, 0.25) is 0 Å². The largest absolute Gasteiger partial charge is 0.340 e. The zero-order chi connectivity index (χ0) is 14.5. The van der Waals surface area contributed by atoms with E-state index in [9.17, 15) is 0 Å². The Labute approximate surface area is 126 Å². The standard InChI is InChI=1S/C17H20N4/c1-19-11-9-18-17(19)21-14-12-20(13-15-21)10-5-8-16-6-3-2-4-7-16/h2-4,6-7,9,11H,10,12-15H2,1H3. The monoisotopic (exact) mass is 280 g/mol. The van der Waals surface area contributed by atoms with Crippen LogP contribution in [0.3, 0.4) is 0 Å². The molecule has 0 N–H and O–H groups in total. The number of benzene rings is 1. The van der Waals surface area contributed by atoms with Crippen molar-refractivity contribution < 1.29 is 0 Å². The second-order valence-corrected chi connectivity index (χ2v) is 5.27. The second kappa shape index (κ2) is 6.47. The van der Waals surface area contributed by atoms with Gasteiger partial charge in [-0.05, 0) is 12.1 Å². The highest BCUT2D eigenvalue weighted by molar-refractivity contribution is 5.34. The maximum atomic E-state index is 4.41. The zero-order valence-electron chi connectivity index (χ0n) is 12.4. The molecule has 1 aliphatic heterocycles. The first-order chi connectivity index (χ1) is 10.3. The molecule has 1 aromatic carbocycles. The molecule has 4 heteroatoms. The smallest absolute Gasteiger partial charge is 0.205 e. The van der Waals surface area contributed by atoms with E-state index in [1.54, 1.807) is 0 Å². The van der Waals surface area contributed by atoms with Gasteiger partial charge in [0.1, 0.15) is 0 Å². The van der Waals surface area contributed by atoms with Crippen LogP contribution in [0.4, 0.5) is 5.95 Å². The number of nitrogens with zero attached hydrogens (tertiary/aromatic N) is 4. The van der Waals surface area contributed by atoms with Crippen molar-refractivity contribution in [3.63, 3.8) is 0 Å². The molecule has 3 rings (SSSR count). The lowest BCUT2D eigenvalue weighted by Crippen LogP contribution is -2.47. The van der Waals surface area contributed by atoms with Crippen molar-refractivity contribution in [2.24, 2.45) is 7.05 Å². The van der Waals surface area contributed by atoms with Crippen molar-refractivity contribution in [1.82, 2.24) is 14.5 Å². The Hall–Kier alpha value is -2.25. The van der Waals surface area contributed by atoms with E-state index in [-0.39, 0.29) is 0 Å². The first kappa shape index (κ1) is 13.7. The number of hydrogen-bond donors (Lipinski definition) is 0. The molecule has 0 atom stereocenters. The molecule has 0 bridgehead atoms. The number of rotatable bonds is 2. The molecule has 21 heavy (non-hydrogen) atoms. The van der Waals surface area contributed by atoms with Crippen LogP contribution in [-0.4, -0.2) is 47.2 Å². The zero-order valence-corrected chi connectivity index (χ0v) is 12.4. The van der Waals surface area contributed by atoms with Gasteiger partial charge in [0.2, 0.25) is 5.95 Å². The molecule has 2 aromatic rings. The van der Waals surface area contributed by atoms with E-state index in [1.165, 1.54) is 0 Å². The number of imidazole rings is 1. The molecule has 4 nitrogen and oxygen atoms in total. The average molecular weight is 280 g/mol. The maximum absolute atomic E-state index is 4.41. The van der Waals surface area contributed by atoms with Crippen LogP contribution in [0.1, 0.15) is 5.56 Å². The van der Waals surface area contributed by atoms with Crippen molar-refractivity contribution >= 4 is 5.95 Å². The van der Waals surface area contributed by atoms with Crippen LogP contribution in [0.5, 0.6) is 0 Å². The molecule has 1 saturated heterocycles. The first-order valence-corrected chi connectivity index (χ1v) is 7.31. The van der Waals surface area contributed by atoms with E-state index in [4.69, 9.17) is 0 Å². The van der Waals surface area contributed by atoms with Crippen LogP contribution in [0, 0.1) is 11.8 Å². The molecule has 0 amide bonds. The molecular weight excluding hydrogens is 260 g/mol. The van der Waals surface area contributed by atoms with E-state index >= 15 is 0 Å². The molecule has 0 unspecified atom stereocenters. The normalized spacial score (nSPS) is 15.6. The van der Waals surface area contributed by atoms with Crippen molar-refractivity contribution in [3.8, 4) is 11.8 Å². The molecule has 1 fully saturated rings. The van der Waals surface area contributed by atoms with Gasteiger partial charge >= 0.3 is 0 Å². The summed E-state index contributed by atoms with van der Waals surface area (Å²) in [6, 6.07) is 10.2. The number of piperazine rings is 1. The Kier molecular flexibility index (Phi) is 4.23. The van der Waals surface area contributed by atoms with Crippen LogP contribution in [0.15, 0.2) is 42.7 Å². The van der Waals surface area contributed by atoms with Crippen molar-refractivity contribution in [1.29, 1.82) is 0 Å². The molecule has 108 valence electrons. The maximum Gasteiger partial charge on any atom is 0.205 e. The van der Waals surface area contributed by atoms with Gasteiger partial charge < -0.3 is 9.47 Å². The highest BCUT2D eigenvalue weighted by Gasteiger charge is 2.18. The van der Waals surface area contributed by atoms with E-state index in [1.807, 2.05) is 49.8 Å². The fourth-order valence-electron chi connectivity index (χ4n) is 2.54. The Morgan fingerprint density at radius 1 is 1.10 bits per heavy atom. The van der Waals surface area contributed by atoms with E-state index in [0.717, 1.165) is 44.2 Å². The third kappa shape index (κ3) is 3.45. The Balaban J connectivity index is 1.51. The number of hydrogen-bond acceptors (Lipinski definition) is 3. The van der Waals surface area contributed by atoms with Gasteiger partial charge in [-0.25, -0.2) is 4.98 Å². The summed E-state index contributed by atoms with van der Waals surface area (Å²) in [6.07, 6.45) is 3.85. The summed E-state index contributed by atoms with van der Waals surface area (Å²) >= 11 is 0. The minimum absolute atomic E-state index is 0.837. The number of aromatic nitrogens is 2. The van der Waals surface area contributed by atoms with Gasteiger partial charge in [0, 0.05) is 51.2 Å². The van der Waals surface area contributed by atoms with Crippen molar-refractivity contribution in [2.45, 2.75) is 0 Å². The Morgan fingerprint density at radius 3 is 2.52 bits per heavy atom. The third-order valence-electron chi connectivity index (χ3n) is 3.76. The highest BCUT2D eigenvalue weighted by Crippen LogP contribution is 2.12. The Morgan fingerprint density at radius 2 is 1.86 bits per heavy atom. The van der Waals surface area contributed by atoms with Crippen LogP contribution in [-0.2, 0) is 7.05 Å².